The van der Waals surface area contributed by atoms with E-state index in [1.807, 2.05) is 0 Å². The van der Waals surface area contributed by atoms with Gasteiger partial charge in [-0.25, -0.2) is 9.36 Å². The first-order chi connectivity index (χ1) is 5.74. The van der Waals surface area contributed by atoms with Crippen molar-refractivity contribution in [3.05, 3.63) is 42.7 Å². The number of allylic oxidation sites excluding steroid dienone is 1. The van der Waals surface area contributed by atoms with E-state index in [9.17, 15) is 4.79 Å². The maximum absolute atomic E-state index is 10.5. The molecular formula is C9H10BrNO2. The van der Waals surface area contributed by atoms with E-state index in [1.54, 1.807) is 35.2 Å². The SMILES string of the molecule is C=CC[n+]1cccc(C(=O)O)c1.[Br-]. The number of rotatable bonds is 3. The number of nitrogens with zero attached hydrogens (tertiary/aromatic N) is 1. The van der Waals surface area contributed by atoms with Crippen LogP contribution in [-0.2, 0) is 6.54 Å². The fourth-order valence-electron chi connectivity index (χ4n) is 0.911. The molecule has 0 amide bonds. The molecule has 0 bridgehead atoms. The van der Waals surface area contributed by atoms with Gasteiger partial charge in [0.15, 0.2) is 18.9 Å². The van der Waals surface area contributed by atoms with Crippen molar-refractivity contribution in [2.45, 2.75) is 6.54 Å². The van der Waals surface area contributed by atoms with Crippen LogP contribution in [0, 0.1) is 0 Å². The zero-order chi connectivity index (χ0) is 8.97. The van der Waals surface area contributed by atoms with E-state index in [1.165, 1.54) is 0 Å². The molecule has 3 nitrogen and oxygen atoms in total. The van der Waals surface area contributed by atoms with Crippen LogP contribution in [-0.4, -0.2) is 11.1 Å². The van der Waals surface area contributed by atoms with Crippen molar-refractivity contribution in [3.8, 4) is 0 Å². The molecule has 70 valence electrons. The maximum atomic E-state index is 10.5. The highest BCUT2D eigenvalue weighted by Gasteiger charge is 2.06. The molecule has 4 heteroatoms. The minimum absolute atomic E-state index is 0. The van der Waals surface area contributed by atoms with Crippen molar-refractivity contribution in [1.29, 1.82) is 0 Å². The standard InChI is InChI=1S/C9H9NO2.BrH/c1-2-5-10-6-3-4-8(7-10)9(11)12;/h2-4,6-7H,1,5H2;1H. The Balaban J connectivity index is 0.00000144. The molecule has 0 aromatic carbocycles. The van der Waals surface area contributed by atoms with Gasteiger partial charge in [0.1, 0.15) is 5.56 Å². The minimum atomic E-state index is -0.909. The predicted molar refractivity (Wildman–Crippen MR) is 43.8 cm³/mol. The number of aromatic carboxylic acids is 1. The molecule has 13 heavy (non-hydrogen) atoms. The van der Waals surface area contributed by atoms with Crippen molar-refractivity contribution in [1.82, 2.24) is 0 Å². The van der Waals surface area contributed by atoms with Gasteiger partial charge in [0, 0.05) is 6.07 Å². The number of carboxylic acid groups (broad SMARTS) is 1. The van der Waals surface area contributed by atoms with Gasteiger partial charge in [-0.2, -0.15) is 0 Å². The fourth-order valence-corrected chi connectivity index (χ4v) is 0.911. The molecule has 0 aliphatic carbocycles. The molecule has 1 heterocycles. The van der Waals surface area contributed by atoms with Gasteiger partial charge >= 0.3 is 5.97 Å². The highest BCUT2D eigenvalue weighted by molar-refractivity contribution is 5.86. The number of pyridine rings is 1. The first-order valence-electron chi connectivity index (χ1n) is 3.57. The minimum Gasteiger partial charge on any atom is -1.00 e. The lowest BCUT2D eigenvalue weighted by molar-refractivity contribution is -0.687. The molecule has 0 saturated heterocycles. The van der Waals surface area contributed by atoms with Gasteiger partial charge < -0.3 is 22.1 Å². The fraction of sp³-hybridized carbons (Fsp3) is 0.111. The van der Waals surface area contributed by atoms with Crippen molar-refractivity contribution >= 4 is 5.97 Å². The van der Waals surface area contributed by atoms with Crippen LogP contribution in [0.5, 0.6) is 0 Å². The number of halogens is 1. The average molecular weight is 244 g/mol. The van der Waals surface area contributed by atoms with Crippen LogP contribution in [0.15, 0.2) is 37.2 Å². The Morgan fingerprint density at radius 2 is 2.38 bits per heavy atom. The van der Waals surface area contributed by atoms with Gasteiger partial charge in [-0.1, -0.05) is 6.58 Å². The molecular weight excluding hydrogens is 234 g/mol. The van der Waals surface area contributed by atoms with E-state index in [2.05, 4.69) is 6.58 Å². The molecule has 0 aliphatic rings. The quantitative estimate of drug-likeness (QED) is 0.487. The summed E-state index contributed by atoms with van der Waals surface area (Å²) in [6.07, 6.45) is 5.09. The third-order valence-electron chi connectivity index (χ3n) is 1.45. The van der Waals surface area contributed by atoms with E-state index in [-0.39, 0.29) is 17.0 Å². The molecule has 0 aliphatic heterocycles. The van der Waals surface area contributed by atoms with Crippen molar-refractivity contribution in [3.63, 3.8) is 0 Å². The molecule has 1 N–H and O–H groups in total. The monoisotopic (exact) mass is 243 g/mol. The summed E-state index contributed by atoms with van der Waals surface area (Å²) in [5, 5.41) is 8.64. The van der Waals surface area contributed by atoms with E-state index < -0.39 is 5.97 Å². The summed E-state index contributed by atoms with van der Waals surface area (Å²) in [4.78, 5) is 10.5. The number of aromatic nitrogens is 1. The zero-order valence-corrected chi connectivity index (χ0v) is 8.57. The number of carboxylic acids is 1. The maximum Gasteiger partial charge on any atom is 0.341 e. The highest BCUT2D eigenvalue weighted by Crippen LogP contribution is 1.92. The summed E-state index contributed by atoms with van der Waals surface area (Å²) in [5.41, 5.74) is 0.291. The molecule has 0 saturated carbocycles. The first kappa shape index (κ1) is 11.8. The Hall–Kier alpha value is -1.16. The lowest BCUT2D eigenvalue weighted by Crippen LogP contribution is -3.00. The number of carbonyl (C=O) groups is 1. The van der Waals surface area contributed by atoms with Crippen LogP contribution in [0.1, 0.15) is 10.4 Å². The second kappa shape index (κ2) is 5.48. The first-order valence-corrected chi connectivity index (χ1v) is 3.57. The summed E-state index contributed by atoms with van der Waals surface area (Å²) in [7, 11) is 0. The average Bonchev–Trinajstić information content (AvgIpc) is 2.05. The van der Waals surface area contributed by atoms with Crippen LogP contribution in [0.3, 0.4) is 0 Å². The normalized spacial score (nSPS) is 8.62. The van der Waals surface area contributed by atoms with E-state index in [4.69, 9.17) is 5.11 Å². The summed E-state index contributed by atoms with van der Waals surface area (Å²) < 4.78 is 1.76. The van der Waals surface area contributed by atoms with Gasteiger partial charge in [0.2, 0.25) is 0 Å². The predicted octanol–water partition coefficient (Wildman–Crippen LogP) is -2.14. The summed E-state index contributed by atoms with van der Waals surface area (Å²) in [6, 6.07) is 3.26. The van der Waals surface area contributed by atoms with Gasteiger partial charge in [0.25, 0.3) is 0 Å². The van der Waals surface area contributed by atoms with Gasteiger partial charge in [-0.15, -0.1) is 0 Å². The Kier molecular flexibility index (Phi) is 4.99. The van der Waals surface area contributed by atoms with Crippen LogP contribution < -0.4 is 21.5 Å². The third kappa shape index (κ3) is 3.38. The second-order valence-corrected chi connectivity index (χ2v) is 2.38. The highest BCUT2D eigenvalue weighted by atomic mass is 79.9. The zero-order valence-electron chi connectivity index (χ0n) is 6.98. The van der Waals surface area contributed by atoms with Crippen molar-refractivity contribution in [2.75, 3.05) is 0 Å². The molecule has 0 fully saturated rings. The lowest BCUT2D eigenvalue weighted by atomic mass is 10.3. The largest absolute Gasteiger partial charge is 1.00 e. The van der Waals surface area contributed by atoms with Crippen LogP contribution in [0.25, 0.3) is 0 Å². The van der Waals surface area contributed by atoms with Gasteiger partial charge in [-0.3, -0.25) is 0 Å². The topological polar surface area (TPSA) is 41.2 Å². The molecule has 0 spiro atoms. The Morgan fingerprint density at radius 1 is 1.69 bits per heavy atom. The van der Waals surface area contributed by atoms with Crippen LogP contribution in [0.4, 0.5) is 0 Å². The summed E-state index contributed by atoms with van der Waals surface area (Å²) in [6.45, 7) is 4.19. The van der Waals surface area contributed by atoms with Crippen LogP contribution >= 0.6 is 0 Å². The summed E-state index contributed by atoms with van der Waals surface area (Å²) in [5.74, 6) is -0.909. The molecule has 1 aromatic rings. The van der Waals surface area contributed by atoms with E-state index in [0.29, 0.717) is 12.1 Å². The molecule has 1 rings (SSSR count). The summed E-state index contributed by atoms with van der Waals surface area (Å²) >= 11 is 0. The molecule has 0 atom stereocenters. The molecule has 0 radical (unpaired) electrons. The van der Waals surface area contributed by atoms with E-state index in [0.717, 1.165) is 0 Å². The number of hydrogen-bond acceptors (Lipinski definition) is 1. The Morgan fingerprint density at radius 3 is 2.92 bits per heavy atom. The van der Waals surface area contributed by atoms with Gasteiger partial charge in [0.05, 0.1) is 0 Å². The lowest BCUT2D eigenvalue weighted by Gasteiger charge is -1.92. The number of hydrogen-bond donors (Lipinski definition) is 1. The van der Waals surface area contributed by atoms with Crippen molar-refractivity contribution in [2.24, 2.45) is 0 Å². The third-order valence-corrected chi connectivity index (χ3v) is 1.45. The molecule has 0 unspecified atom stereocenters. The Bertz CT molecular complexity index is 312. The Labute approximate surface area is 87.1 Å². The van der Waals surface area contributed by atoms with Crippen LogP contribution in [0.2, 0.25) is 0 Å². The second-order valence-electron chi connectivity index (χ2n) is 2.38. The molecule has 1 aromatic heterocycles. The van der Waals surface area contributed by atoms with Crippen molar-refractivity contribution < 1.29 is 31.4 Å². The smallest absolute Gasteiger partial charge is 0.341 e. The van der Waals surface area contributed by atoms with E-state index >= 15 is 0 Å². The van der Waals surface area contributed by atoms with Gasteiger partial charge in [-0.05, 0) is 12.1 Å².